The van der Waals surface area contributed by atoms with Gasteiger partial charge in [-0.2, -0.15) is 0 Å². The maximum atomic E-state index is 12.0. The second-order valence-corrected chi connectivity index (χ2v) is 4.99. The number of imide groups is 1. The van der Waals surface area contributed by atoms with Gasteiger partial charge in [0.25, 0.3) is 0 Å². The molecule has 1 aliphatic rings. The van der Waals surface area contributed by atoms with Crippen LogP contribution in [0, 0.1) is 0 Å². The topological polar surface area (TPSA) is 87.5 Å². The van der Waals surface area contributed by atoms with Gasteiger partial charge in [0.1, 0.15) is 0 Å². The molecule has 3 amide bonds. The molecular formula is C13H26N4O2. The van der Waals surface area contributed by atoms with Crippen molar-refractivity contribution >= 4 is 11.9 Å². The molecule has 19 heavy (non-hydrogen) atoms. The van der Waals surface area contributed by atoms with Crippen molar-refractivity contribution in [3.05, 3.63) is 0 Å². The number of hydrogen-bond donors (Lipinski definition) is 3. The first-order chi connectivity index (χ1) is 9.10. The van der Waals surface area contributed by atoms with E-state index in [-0.39, 0.29) is 11.9 Å². The van der Waals surface area contributed by atoms with E-state index in [4.69, 9.17) is 5.73 Å². The first-order valence-electron chi connectivity index (χ1n) is 7.14. The highest BCUT2D eigenvalue weighted by atomic mass is 16.2. The van der Waals surface area contributed by atoms with E-state index in [0.29, 0.717) is 19.1 Å². The summed E-state index contributed by atoms with van der Waals surface area (Å²) in [5, 5.41) is 4.94. The molecule has 110 valence electrons. The Morgan fingerprint density at radius 2 is 2.21 bits per heavy atom. The first-order valence-corrected chi connectivity index (χ1v) is 7.14. The average molecular weight is 270 g/mol. The quantitative estimate of drug-likeness (QED) is 0.653. The van der Waals surface area contributed by atoms with Gasteiger partial charge in [0.2, 0.25) is 5.91 Å². The summed E-state index contributed by atoms with van der Waals surface area (Å²) in [4.78, 5) is 25.5. The van der Waals surface area contributed by atoms with Crippen molar-refractivity contribution < 1.29 is 9.59 Å². The van der Waals surface area contributed by atoms with Crippen molar-refractivity contribution in [2.24, 2.45) is 5.73 Å². The number of urea groups is 1. The summed E-state index contributed by atoms with van der Waals surface area (Å²) in [6, 6.07) is -0.275. The lowest BCUT2D eigenvalue weighted by atomic mass is 10.1. The third kappa shape index (κ3) is 4.80. The van der Waals surface area contributed by atoms with Crippen LogP contribution >= 0.6 is 0 Å². The van der Waals surface area contributed by atoms with Crippen LogP contribution in [0.3, 0.4) is 0 Å². The van der Waals surface area contributed by atoms with Crippen LogP contribution < -0.4 is 16.4 Å². The molecule has 0 aromatic carbocycles. The first kappa shape index (κ1) is 15.9. The number of likely N-dealkylation sites (tertiary alicyclic amines) is 1. The van der Waals surface area contributed by atoms with Gasteiger partial charge in [-0.15, -0.1) is 0 Å². The summed E-state index contributed by atoms with van der Waals surface area (Å²) in [5.41, 5.74) is 5.54. The lowest BCUT2D eigenvalue weighted by Crippen LogP contribution is -2.50. The van der Waals surface area contributed by atoms with Gasteiger partial charge in [0.15, 0.2) is 0 Å². The fraction of sp³-hybridized carbons (Fsp3) is 0.846. The molecule has 0 aromatic heterocycles. The Bertz CT molecular complexity index is 309. The number of hydrogen-bond acceptors (Lipinski definition) is 4. The molecule has 0 spiro atoms. The lowest BCUT2D eigenvalue weighted by molar-refractivity contribution is -0.125. The van der Waals surface area contributed by atoms with Crippen LogP contribution in [0.1, 0.15) is 39.5 Å². The molecule has 1 fully saturated rings. The number of carbonyl (C=O) groups excluding carboxylic acids is 2. The number of nitrogens with zero attached hydrogens (tertiary/aromatic N) is 1. The highest BCUT2D eigenvalue weighted by Crippen LogP contribution is 2.23. The minimum absolute atomic E-state index is 0.231. The van der Waals surface area contributed by atoms with Crippen LogP contribution in [0.4, 0.5) is 4.79 Å². The third-order valence-corrected chi connectivity index (χ3v) is 3.62. The minimum atomic E-state index is -0.419. The van der Waals surface area contributed by atoms with E-state index in [9.17, 15) is 9.59 Å². The van der Waals surface area contributed by atoms with E-state index in [1.165, 1.54) is 0 Å². The molecule has 6 nitrogen and oxygen atoms in total. The molecule has 1 heterocycles. The Labute approximate surface area is 115 Å². The standard InChI is InChI=1S/C13H26N4O2/c1-3-15-13(19)16-12(18)10(2)17-9-5-7-11(17)6-4-8-14/h10-11H,3-9,14H2,1-2H3,(H2,15,16,18,19). The summed E-state index contributed by atoms with van der Waals surface area (Å²) in [6.07, 6.45) is 4.22. The zero-order valence-electron chi connectivity index (χ0n) is 11.9. The predicted molar refractivity (Wildman–Crippen MR) is 74.7 cm³/mol. The fourth-order valence-corrected chi connectivity index (χ4v) is 2.60. The van der Waals surface area contributed by atoms with Gasteiger partial charge in [-0.25, -0.2) is 4.79 Å². The highest BCUT2D eigenvalue weighted by molar-refractivity contribution is 5.96. The van der Waals surface area contributed by atoms with Crippen LogP contribution in [0.2, 0.25) is 0 Å². The van der Waals surface area contributed by atoms with Crippen LogP contribution in [0.25, 0.3) is 0 Å². The molecule has 1 rings (SSSR count). The second kappa shape index (κ2) is 8.12. The van der Waals surface area contributed by atoms with Gasteiger partial charge < -0.3 is 11.1 Å². The number of rotatable bonds is 6. The molecule has 6 heteroatoms. The Morgan fingerprint density at radius 1 is 1.47 bits per heavy atom. The number of nitrogens with two attached hydrogens (primary N) is 1. The summed E-state index contributed by atoms with van der Waals surface area (Å²) in [7, 11) is 0. The molecule has 0 aromatic rings. The van der Waals surface area contributed by atoms with Crippen molar-refractivity contribution in [2.75, 3.05) is 19.6 Å². The zero-order valence-corrected chi connectivity index (χ0v) is 11.9. The Hall–Kier alpha value is -1.14. The van der Waals surface area contributed by atoms with Crippen molar-refractivity contribution in [2.45, 2.75) is 51.6 Å². The van der Waals surface area contributed by atoms with Gasteiger partial charge in [-0.3, -0.25) is 15.0 Å². The monoisotopic (exact) mass is 270 g/mol. The van der Waals surface area contributed by atoms with E-state index in [2.05, 4.69) is 15.5 Å². The van der Waals surface area contributed by atoms with Gasteiger partial charge in [0, 0.05) is 12.6 Å². The van der Waals surface area contributed by atoms with Crippen LogP contribution in [0.15, 0.2) is 0 Å². The normalized spacial score (nSPS) is 21.1. The Kier molecular flexibility index (Phi) is 6.80. The van der Waals surface area contributed by atoms with Crippen molar-refractivity contribution in [3.8, 4) is 0 Å². The molecular weight excluding hydrogens is 244 g/mol. The van der Waals surface area contributed by atoms with Crippen molar-refractivity contribution in [3.63, 3.8) is 0 Å². The highest BCUT2D eigenvalue weighted by Gasteiger charge is 2.31. The summed E-state index contributed by atoms with van der Waals surface area (Å²) in [5.74, 6) is -0.231. The van der Waals surface area contributed by atoms with E-state index < -0.39 is 6.03 Å². The predicted octanol–water partition coefficient (Wildman–Crippen LogP) is 0.424. The van der Waals surface area contributed by atoms with Gasteiger partial charge in [-0.05, 0) is 52.6 Å². The van der Waals surface area contributed by atoms with Gasteiger partial charge in [-0.1, -0.05) is 0 Å². The zero-order chi connectivity index (χ0) is 14.3. The van der Waals surface area contributed by atoms with Crippen LogP contribution in [-0.4, -0.2) is 48.6 Å². The molecule has 1 saturated heterocycles. The smallest absolute Gasteiger partial charge is 0.321 e. The Balaban J connectivity index is 2.48. The Morgan fingerprint density at radius 3 is 2.84 bits per heavy atom. The SMILES string of the molecule is CCNC(=O)NC(=O)C(C)N1CCCC1CCCN. The molecule has 2 atom stereocenters. The van der Waals surface area contributed by atoms with Crippen LogP contribution in [0.5, 0.6) is 0 Å². The number of nitrogens with one attached hydrogen (secondary N) is 2. The molecule has 0 saturated carbocycles. The number of carbonyl (C=O) groups is 2. The van der Waals surface area contributed by atoms with E-state index in [1.807, 2.05) is 13.8 Å². The molecule has 0 aliphatic carbocycles. The van der Waals surface area contributed by atoms with E-state index in [0.717, 1.165) is 32.2 Å². The lowest BCUT2D eigenvalue weighted by Gasteiger charge is -2.29. The van der Waals surface area contributed by atoms with Gasteiger partial charge >= 0.3 is 6.03 Å². The second-order valence-electron chi connectivity index (χ2n) is 4.99. The van der Waals surface area contributed by atoms with Crippen LogP contribution in [-0.2, 0) is 4.79 Å². The summed E-state index contributed by atoms with van der Waals surface area (Å²) >= 11 is 0. The third-order valence-electron chi connectivity index (χ3n) is 3.62. The maximum Gasteiger partial charge on any atom is 0.321 e. The number of amides is 3. The molecule has 1 aliphatic heterocycles. The van der Waals surface area contributed by atoms with E-state index >= 15 is 0 Å². The molecule has 0 bridgehead atoms. The minimum Gasteiger partial charge on any atom is -0.338 e. The molecule has 2 unspecified atom stereocenters. The summed E-state index contributed by atoms with van der Waals surface area (Å²) in [6.45, 7) is 5.78. The maximum absolute atomic E-state index is 12.0. The average Bonchev–Trinajstić information content (AvgIpc) is 2.83. The van der Waals surface area contributed by atoms with Crippen molar-refractivity contribution in [1.82, 2.24) is 15.5 Å². The van der Waals surface area contributed by atoms with Crippen molar-refractivity contribution in [1.29, 1.82) is 0 Å². The summed E-state index contributed by atoms with van der Waals surface area (Å²) < 4.78 is 0. The largest absolute Gasteiger partial charge is 0.338 e. The van der Waals surface area contributed by atoms with E-state index in [1.54, 1.807) is 0 Å². The fourth-order valence-electron chi connectivity index (χ4n) is 2.60. The molecule has 4 N–H and O–H groups in total. The van der Waals surface area contributed by atoms with Gasteiger partial charge in [0.05, 0.1) is 6.04 Å². The molecule has 0 radical (unpaired) electrons.